The SMILES string of the molecule is c1ccc(-c2nc(-c3ccccc3)nc(-c3ccccc3-c3cccc(-c4ccc5c(c4)-n4c6ccccc6c6cccc(c64)C54c5ccccc5Oc5ccccc54)c3)n2)cc1. The lowest BCUT2D eigenvalue weighted by Crippen LogP contribution is -2.37. The summed E-state index contributed by atoms with van der Waals surface area (Å²) in [6, 6.07) is 77.4. The highest BCUT2D eigenvalue weighted by molar-refractivity contribution is 6.12. The second-order valence-corrected chi connectivity index (χ2v) is 16.3. The molecule has 0 fully saturated rings. The fraction of sp³-hybridized carbons (Fsp3) is 0.0172. The highest BCUT2D eigenvalue weighted by Crippen LogP contribution is 2.60. The van der Waals surface area contributed by atoms with E-state index in [0.29, 0.717) is 17.5 Å². The van der Waals surface area contributed by atoms with Crippen molar-refractivity contribution in [1.29, 1.82) is 0 Å². The standard InChI is InChI=1S/C58H36N4O/c1-3-17-37(18-4-1)55-59-56(38-19-5-2-6-20-38)61-57(60-55)45-25-8-7-23-42(45)41-22-15-21-39(35-41)40-33-34-46-51(36-40)62-50-30-12-9-24-43(50)44-26-16-29-49(54(44)62)58(46)47-27-10-13-31-52(47)63-53-32-14-11-28-48(53)58/h1-36H. The predicted molar refractivity (Wildman–Crippen MR) is 253 cm³/mol. The van der Waals surface area contributed by atoms with E-state index in [0.717, 1.165) is 67.3 Å². The highest BCUT2D eigenvalue weighted by atomic mass is 16.5. The Morgan fingerprint density at radius 3 is 1.60 bits per heavy atom. The molecule has 0 unspecified atom stereocenters. The Labute approximate surface area is 364 Å². The van der Waals surface area contributed by atoms with E-state index in [2.05, 4.69) is 162 Å². The van der Waals surface area contributed by atoms with E-state index in [1.54, 1.807) is 0 Å². The van der Waals surface area contributed by atoms with Crippen LogP contribution in [0.3, 0.4) is 0 Å². The van der Waals surface area contributed by atoms with Crippen molar-refractivity contribution in [3.8, 4) is 73.6 Å². The molecule has 5 nitrogen and oxygen atoms in total. The van der Waals surface area contributed by atoms with Crippen molar-refractivity contribution in [3.05, 3.63) is 241 Å². The van der Waals surface area contributed by atoms with Gasteiger partial charge in [0.25, 0.3) is 0 Å². The molecule has 11 aromatic rings. The number of hydrogen-bond donors (Lipinski definition) is 0. The van der Waals surface area contributed by atoms with Gasteiger partial charge in [-0.05, 0) is 63.7 Å². The van der Waals surface area contributed by atoms with Crippen molar-refractivity contribution in [3.63, 3.8) is 0 Å². The lowest BCUT2D eigenvalue weighted by molar-refractivity contribution is 0.434. The van der Waals surface area contributed by atoms with Crippen LogP contribution in [0.2, 0.25) is 0 Å². The van der Waals surface area contributed by atoms with Gasteiger partial charge in [0.15, 0.2) is 17.5 Å². The van der Waals surface area contributed by atoms with Crippen LogP contribution in [0.1, 0.15) is 22.3 Å². The Hall–Kier alpha value is -8.41. The summed E-state index contributed by atoms with van der Waals surface area (Å²) in [6.45, 7) is 0. The summed E-state index contributed by atoms with van der Waals surface area (Å²) in [4.78, 5) is 15.2. The van der Waals surface area contributed by atoms with Gasteiger partial charge >= 0.3 is 0 Å². The third kappa shape index (κ3) is 5.27. The van der Waals surface area contributed by atoms with Gasteiger partial charge in [-0.15, -0.1) is 0 Å². The minimum atomic E-state index is -0.619. The summed E-state index contributed by atoms with van der Waals surface area (Å²) in [5.74, 6) is 3.66. The Bertz CT molecular complexity index is 3510. The van der Waals surface area contributed by atoms with E-state index in [4.69, 9.17) is 19.7 Å². The Kier molecular flexibility index (Phi) is 7.75. The van der Waals surface area contributed by atoms with E-state index in [1.807, 2.05) is 60.7 Å². The normalized spacial score (nSPS) is 13.0. The van der Waals surface area contributed by atoms with Crippen molar-refractivity contribution in [2.45, 2.75) is 5.41 Å². The lowest BCUT2D eigenvalue weighted by Gasteiger charge is -2.45. The largest absolute Gasteiger partial charge is 0.457 e. The highest BCUT2D eigenvalue weighted by Gasteiger charge is 2.50. The molecule has 0 radical (unpaired) electrons. The molecule has 0 saturated carbocycles. The van der Waals surface area contributed by atoms with Gasteiger partial charge in [0.05, 0.1) is 22.1 Å². The molecule has 13 rings (SSSR count). The quantitative estimate of drug-likeness (QED) is 0.174. The smallest absolute Gasteiger partial charge is 0.164 e. The summed E-state index contributed by atoms with van der Waals surface area (Å²) in [7, 11) is 0. The Morgan fingerprint density at radius 2 is 0.873 bits per heavy atom. The number of aromatic nitrogens is 4. The number of para-hydroxylation sites is 4. The summed E-state index contributed by atoms with van der Waals surface area (Å²) in [5, 5.41) is 2.47. The number of fused-ring (bicyclic) bond motifs is 11. The van der Waals surface area contributed by atoms with Crippen molar-refractivity contribution >= 4 is 21.8 Å². The van der Waals surface area contributed by atoms with Gasteiger partial charge in [-0.3, -0.25) is 0 Å². The summed E-state index contributed by atoms with van der Waals surface area (Å²) >= 11 is 0. The van der Waals surface area contributed by atoms with E-state index >= 15 is 0 Å². The van der Waals surface area contributed by atoms with Crippen LogP contribution >= 0.6 is 0 Å². The number of ether oxygens (including phenoxy) is 1. The molecule has 4 heterocycles. The minimum absolute atomic E-state index is 0.619. The molecule has 2 aromatic heterocycles. The molecular formula is C58H36N4O. The Morgan fingerprint density at radius 1 is 0.349 bits per heavy atom. The van der Waals surface area contributed by atoms with Gasteiger partial charge in [0.1, 0.15) is 11.5 Å². The number of rotatable bonds is 5. The molecule has 0 saturated heterocycles. The maximum absolute atomic E-state index is 6.69. The van der Waals surface area contributed by atoms with E-state index in [1.165, 1.54) is 32.9 Å². The zero-order valence-corrected chi connectivity index (χ0v) is 34.0. The van der Waals surface area contributed by atoms with E-state index in [-0.39, 0.29) is 0 Å². The fourth-order valence-electron chi connectivity index (χ4n) is 10.2. The second-order valence-electron chi connectivity index (χ2n) is 16.3. The topological polar surface area (TPSA) is 52.8 Å². The molecule has 294 valence electrons. The van der Waals surface area contributed by atoms with Gasteiger partial charge < -0.3 is 9.30 Å². The van der Waals surface area contributed by atoms with Gasteiger partial charge in [-0.2, -0.15) is 0 Å². The van der Waals surface area contributed by atoms with Crippen LogP contribution in [0.4, 0.5) is 0 Å². The van der Waals surface area contributed by atoms with Gasteiger partial charge in [0, 0.05) is 38.6 Å². The molecule has 0 atom stereocenters. The number of benzene rings is 9. The summed E-state index contributed by atoms with van der Waals surface area (Å²) in [6.07, 6.45) is 0. The number of hydrogen-bond acceptors (Lipinski definition) is 4. The molecule has 0 N–H and O–H groups in total. The zero-order valence-electron chi connectivity index (χ0n) is 34.0. The first kappa shape index (κ1) is 35.4. The fourth-order valence-corrected chi connectivity index (χ4v) is 10.2. The van der Waals surface area contributed by atoms with Crippen LogP contribution in [-0.4, -0.2) is 19.5 Å². The first-order valence-electron chi connectivity index (χ1n) is 21.4. The molecule has 5 heteroatoms. The maximum atomic E-state index is 6.69. The average molecular weight is 805 g/mol. The van der Waals surface area contributed by atoms with E-state index in [9.17, 15) is 0 Å². The molecule has 2 aliphatic rings. The molecule has 0 amide bonds. The maximum Gasteiger partial charge on any atom is 0.164 e. The summed E-state index contributed by atoms with van der Waals surface area (Å²) < 4.78 is 9.19. The lowest BCUT2D eigenvalue weighted by atomic mass is 9.61. The third-order valence-corrected chi connectivity index (χ3v) is 12.9. The van der Waals surface area contributed by atoms with Crippen LogP contribution in [0.5, 0.6) is 11.5 Å². The van der Waals surface area contributed by atoms with Gasteiger partial charge in [-0.25, -0.2) is 15.0 Å². The predicted octanol–water partition coefficient (Wildman–Crippen LogP) is 14.1. The first-order chi connectivity index (χ1) is 31.2. The monoisotopic (exact) mass is 804 g/mol. The third-order valence-electron chi connectivity index (χ3n) is 12.9. The molecule has 0 bridgehead atoms. The Balaban J connectivity index is 1.02. The van der Waals surface area contributed by atoms with Gasteiger partial charge in [0.2, 0.25) is 0 Å². The van der Waals surface area contributed by atoms with Gasteiger partial charge in [-0.1, -0.05) is 188 Å². The summed E-state index contributed by atoms with van der Waals surface area (Å²) in [5.41, 5.74) is 14.9. The van der Waals surface area contributed by atoms with Crippen LogP contribution in [0, 0.1) is 0 Å². The first-order valence-corrected chi connectivity index (χ1v) is 21.4. The molecule has 63 heavy (non-hydrogen) atoms. The number of nitrogens with zero attached hydrogens (tertiary/aromatic N) is 4. The molecule has 1 spiro atoms. The second kappa shape index (κ2) is 13.8. The van der Waals surface area contributed by atoms with Crippen molar-refractivity contribution in [2.24, 2.45) is 0 Å². The molecule has 0 aliphatic carbocycles. The van der Waals surface area contributed by atoms with Crippen molar-refractivity contribution in [2.75, 3.05) is 0 Å². The molecular weight excluding hydrogens is 769 g/mol. The van der Waals surface area contributed by atoms with Crippen LogP contribution in [-0.2, 0) is 5.41 Å². The van der Waals surface area contributed by atoms with Crippen LogP contribution in [0.15, 0.2) is 218 Å². The van der Waals surface area contributed by atoms with E-state index < -0.39 is 5.41 Å². The zero-order chi connectivity index (χ0) is 41.5. The molecule has 9 aromatic carbocycles. The minimum Gasteiger partial charge on any atom is -0.457 e. The van der Waals surface area contributed by atoms with Crippen molar-refractivity contribution in [1.82, 2.24) is 19.5 Å². The average Bonchev–Trinajstić information content (AvgIpc) is 3.71. The van der Waals surface area contributed by atoms with Crippen LogP contribution < -0.4 is 4.74 Å². The van der Waals surface area contributed by atoms with Crippen LogP contribution in [0.25, 0.3) is 83.9 Å². The van der Waals surface area contributed by atoms with Crippen molar-refractivity contribution < 1.29 is 4.74 Å². The molecule has 2 aliphatic heterocycles.